The maximum Gasteiger partial charge on any atom is 0.416 e. The largest absolute Gasteiger partial charge is 0.507 e. The molecular weight excluding hydrogens is 434 g/mol. The maximum atomic E-state index is 13.6. The van der Waals surface area contributed by atoms with Gasteiger partial charge in [0, 0.05) is 54.3 Å². The molecule has 12 heteroatoms. The van der Waals surface area contributed by atoms with Crippen molar-refractivity contribution in [1.29, 1.82) is 0 Å². The number of carboxylic acid groups (broad SMARTS) is 1. The Balaban J connectivity index is 0.000000913. The van der Waals surface area contributed by atoms with Crippen LogP contribution in [0, 0.1) is 0 Å². The van der Waals surface area contributed by atoms with Gasteiger partial charge in [0.05, 0.1) is 5.56 Å². The molecule has 1 aliphatic heterocycles. The highest BCUT2D eigenvalue weighted by molar-refractivity contribution is 6.00. The standard InChI is InChI=1S/C19H17F4N5O.CH2O2/c20-11-6-12(8-25-7-11)26-18-15-9-24-4-3-13(15)17(27-28-18)14-2-1-10(5-16(14)29)19(21,22)23;2-1-3/h1-5,9,11-12,25,29H,6-8H2,(H,26,28);1H,(H,2,3)/t11-,12-;/m1./s1. The Bertz CT molecular complexity index is 1100. The van der Waals surface area contributed by atoms with E-state index < -0.39 is 23.7 Å². The number of pyridine rings is 1. The summed E-state index contributed by atoms with van der Waals surface area (Å²) >= 11 is 0. The zero-order valence-electron chi connectivity index (χ0n) is 16.5. The van der Waals surface area contributed by atoms with Crippen LogP contribution < -0.4 is 10.6 Å². The first-order valence-electron chi connectivity index (χ1n) is 9.44. The van der Waals surface area contributed by atoms with Gasteiger partial charge in [-0.05, 0) is 24.3 Å². The lowest BCUT2D eigenvalue weighted by molar-refractivity contribution is -0.137. The molecule has 0 aliphatic carbocycles. The molecule has 0 spiro atoms. The molecule has 3 aromatic rings. The molecule has 2 aromatic heterocycles. The van der Waals surface area contributed by atoms with Gasteiger partial charge in [0.15, 0.2) is 5.82 Å². The number of piperidine rings is 1. The zero-order valence-corrected chi connectivity index (χ0v) is 16.5. The van der Waals surface area contributed by atoms with E-state index in [-0.39, 0.29) is 23.8 Å². The van der Waals surface area contributed by atoms with Gasteiger partial charge in [-0.15, -0.1) is 10.2 Å². The molecule has 1 aliphatic rings. The van der Waals surface area contributed by atoms with Crippen LogP contribution in [0.4, 0.5) is 23.4 Å². The molecule has 1 saturated heterocycles. The van der Waals surface area contributed by atoms with Crippen LogP contribution in [0.1, 0.15) is 12.0 Å². The minimum absolute atomic E-state index is 0.122. The van der Waals surface area contributed by atoms with Gasteiger partial charge < -0.3 is 20.8 Å². The molecule has 0 amide bonds. The van der Waals surface area contributed by atoms with Crippen LogP contribution in [0.2, 0.25) is 0 Å². The summed E-state index contributed by atoms with van der Waals surface area (Å²) in [7, 11) is 0. The Kier molecular flexibility index (Phi) is 7.03. The predicted octanol–water partition coefficient (Wildman–Crippen LogP) is 3.23. The highest BCUT2D eigenvalue weighted by Crippen LogP contribution is 2.38. The molecule has 1 fully saturated rings. The van der Waals surface area contributed by atoms with Crippen LogP contribution in [-0.2, 0) is 11.0 Å². The molecule has 4 rings (SSSR count). The van der Waals surface area contributed by atoms with E-state index in [4.69, 9.17) is 9.90 Å². The van der Waals surface area contributed by atoms with Crippen LogP contribution in [0.3, 0.4) is 0 Å². The minimum Gasteiger partial charge on any atom is -0.507 e. The van der Waals surface area contributed by atoms with Gasteiger partial charge >= 0.3 is 6.18 Å². The highest BCUT2D eigenvalue weighted by Gasteiger charge is 2.31. The maximum absolute atomic E-state index is 13.6. The molecule has 170 valence electrons. The number of nitrogens with one attached hydrogen (secondary N) is 2. The van der Waals surface area contributed by atoms with E-state index in [0.29, 0.717) is 42.2 Å². The minimum atomic E-state index is -4.57. The number of rotatable bonds is 3. The van der Waals surface area contributed by atoms with Gasteiger partial charge in [0.1, 0.15) is 17.6 Å². The number of fused-ring (bicyclic) bond motifs is 1. The van der Waals surface area contributed by atoms with Crippen LogP contribution in [0.15, 0.2) is 36.7 Å². The second kappa shape index (κ2) is 9.73. The van der Waals surface area contributed by atoms with Crippen molar-refractivity contribution in [2.45, 2.75) is 24.8 Å². The lowest BCUT2D eigenvalue weighted by Crippen LogP contribution is -2.44. The van der Waals surface area contributed by atoms with Crippen LogP contribution >= 0.6 is 0 Å². The zero-order chi connectivity index (χ0) is 23.3. The number of hydrogen-bond acceptors (Lipinski definition) is 7. The molecule has 8 nitrogen and oxygen atoms in total. The number of nitrogens with zero attached hydrogens (tertiary/aromatic N) is 3. The van der Waals surface area contributed by atoms with E-state index in [0.717, 1.165) is 12.1 Å². The number of phenols is 1. The molecular formula is C20H19F4N5O3. The predicted molar refractivity (Wildman–Crippen MR) is 108 cm³/mol. The van der Waals surface area contributed by atoms with Gasteiger partial charge in [-0.2, -0.15) is 13.2 Å². The van der Waals surface area contributed by atoms with E-state index in [2.05, 4.69) is 25.8 Å². The van der Waals surface area contributed by atoms with Crippen molar-refractivity contribution in [3.63, 3.8) is 0 Å². The summed E-state index contributed by atoms with van der Waals surface area (Å²) < 4.78 is 52.2. The van der Waals surface area contributed by atoms with E-state index in [1.807, 2.05) is 0 Å². The number of aromatic nitrogens is 3. The number of benzene rings is 1. The number of anilines is 1. The number of hydrogen-bond donors (Lipinski definition) is 4. The number of halogens is 4. The summed E-state index contributed by atoms with van der Waals surface area (Å²) in [6.45, 7) is 0.615. The topological polar surface area (TPSA) is 120 Å². The Morgan fingerprint density at radius 3 is 2.56 bits per heavy atom. The van der Waals surface area contributed by atoms with Crippen molar-refractivity contribution in [2.75, 3.05) is 18.4 Å². The number of carbonyl (C=O) groups is 1. The van der Waals surface area contributed by atoms with Crippen LogP contribution in [-0.4, -0.2) is 57.2 Å². The second-order valence-corrected chi connectivity index (χ2v) is 6.99. The van der Waals surface area contributed by atoms with Gasteiger partial charge in [0.25, 0.3) is 6.47 Å². The second-order valence-electron chi connectivity index (χ2n) is 6.99. The fourth-order valence-corrected chi connectivity index (χ4v) is 3.40. The summed E-state index contributed by atoms with van der Waals surface area (Å²) in [4.78, 5) is 12.4. The van der Waals surface area contributed by atoms with Crippen LogP contribution in [0.5, 0.6) is 5.75 Å². The Morgan fingerprint density at radius 2 is 1.91 bits per heavy atom. The summed E-state index contributed by atoms with van der Waals surface area (Å²) in [5.41, 5.74) is -0.609. The Hall–Kier alpha value is -3.54. The Morgan fingerprint density at radius 1 is 1.16 bits per heavy atom. The number of alkyl halides is 4. The summed E-state index contributed by atoms with van der Waals surface area (Å²) in [5.74, 6) is -0.158. The monoisotopic (exact) mass is 453 g/mol. The van der Waals surface area contributed by atoms with Gasteiger partial charge in [-0.3, -0.25) is 9.78 Å². The highest BCUT2D eigenvalue weighted by atomic mass is 19.4. The van der Waals surface area contributed by atoms with Crippen LogP contribution in [0.25, 0.3) is 22.0 Å². The molecule has 0 bridgehead atoms. The van der Waals surface area contributed by atoms with Crippen molar-refractivity contribution in [2.24, 2.45) is 0 Å². The molecule has 0 saturated carbocycles. The lowest BCUT2D eigenvalue weighted by Gasteiger charge is -2.27. The molecule has 0 unspecified atom stereocenters. The summed E-state index contributed by atoms with van der Waals surface area (Å²) in [6, 6.07) is 4.14. The third-order valence-electron chi connectivity index (χ3n) is 4.80. The molecule has 3 heterocycles. The Labute approximate surface area is 179 Å². The lowest BCUT2D eigenvalue weighted by atomic mass is 10.0. The van der Waals surface area contributed by atoms with E-state index in [9.17, 15) is 22.7 Å². The number of phenolic OH excluding ortho intramolecular Hbond substituents is 1. The summed E-state index contributed by atoms with van der Waals surface area (Å²) in [6.07, 6.45) is -2.16. The fraction of sp³-hybridized carbons (Fsp3) is 0.300. The molecule has 0 radical (unpaired) electrons. The first-order valence-corrected chi connectivity index (χ1v) is 9.44. The van der Waals surface area contributed by atoms with Gasteiger partial charge in [-0.25, -0.2) is 4.39 Å². The van der Waals surface area contributed by atoms with Crippen molar-refractivity contribution >= 4 is 23.1 Å². The van der Waals surface area contributed by atoms with Crippen molar-refractivity contribution in [3.8, 4) is 17.0 Å². The molecule has 1 aromatic carbocycles. The smallest absolute Gasteiger partial charge is 0.416 e. The van der Waals surface area contributed by atoms with Gasteiger partial charge in [-0.1, -0.05) is 0 Å². The third-order valence-corrected chi connectivity index (χ3v) is 4.80. The average molecular weight is 453 g/mol. The molecule has 4 N–H and O–H groups in total. The van der Waals surface area contributed by atoms with E-state index in [1.165, 1.54) is 6.20 Å². The van der Waals surface area contributed by atoms with Gasteiger partial charge in [0.2, 0.25) is 0 Å². The SMILES string of the molecule is O=CO.Oc1cc(C(F)(F)F)ccc1-c1nnc(N[C@H]2CNC[C@H](F)C2)c2cnccc12. The first kappa shape index (κ1) is 23.1. The normalized spacial score (nSPS) is 18.5. The number of aromatic hydroxyl groups is 1. The third kappa shape index (κ3) is 5.19. The van der Waals surface area contributed by atoms with E-state index >= 15 is 0 Å². The fourth-order valence-electron chi connectivity index (χ4n) is 3.40. The average Bonchev–Trinajstić information content (AvgIpc) is 2.74. The van der Waals surface area contributed by atoms with Crippen molar-refractivity contribution < 1.29 is 32.6 Å². The quantitative estimate of drug-likeness (QED) is 0.353. The first-order chi connectivity index (χ1) is 15.2. The van der Waals surface area contributed by atoms with E-state index in [1.54, 1.807) is 12.3 Å². The molecule has 2 atom stereocenters. The molecule has 32 heavy (non-hydrogen) atoms. The van der Waals surface area contributed by atoms with Crippen molar-refractivity contribution in [3.05, 3.63) is 42.2 Å². The summed E-state index contributed by atoms with van der Waals surface area (Å²) in [5, 5.41) is 32.6. The van der Waals surface area contributed by atoms with Crippen molar-refractivity contribution in [1.82, 2.24) is 20.5 Å².